The second kappa shape index (κ2) is 7.64. The zero-order valence-electron chi connectivity index (χ0n) is 17.1. The van der Waals surface area contributed by atoms with Crippen LogP contribution < -0.4 is 4.72 Å². The van der Waals surface area contributed by atoms with E-state index in [2.05, 4.69) is 19.8 Å². The van der Waals surface area contributed by atoms with Crippen LogP contribution >= 0.6 is 0 Å². The standard InChI is InChI=1S/C19H28N6O3S/c1-12-17(13(2)25-19(22-12)20-11-21-25)7-8-18(26)24-15-5-4-6-16(24)10-14(9-15)23-29(3,27)28/h11,14-16,23H,4-10H2,1-3H3/t14?,15-,16+. The Morgan fingerprint density at radius 2 is 1.93 bits per heavy atom. The molecule has 4 rings (SSSR count). The average molecular weight is 421 g/mol. The molecule has 158 valence electrons. The third-order valence-corrected chi connectivity index (χ3v) is 6.98. The minimum atomic E-state index is -3.24. The highest BCUT2D eigenvalue weighted by Gasteiger charge is 2.41. The summed E-state index contributed by atoms with van der Waals surface area (Å²) in [5.74, 6) is 0.722. The minimum Gasteiger partial charge on any atom is -0.337 e. The molecule has 1 unspecified atom stereocenters. The molecule has 2 aliphatic rings. The molecule has 29 heavy (non-hydrogen) atoms. The van der Waals surface area contributed by atoms with Gasteiger partial charge in [0.05, 0.1) is 6.26 Å². The van der Waals surface area contributed by atoms with Crippen LogP contribution in [0.4, 0.5) is 0 Å². The number of nitrogens with zero attached hydrogens (tertiary/aromatic N) is 5. The van der Waals surface area contributed by atoms with Gasteiger partial charge in [0.25, 0.3) is 5.78 Å². The van der Waals surface area contributed by atoms with Crippen molar-refractivity contribution in [3.63, 3.8) is 0 Å². The monoisotopic (exact) mass is 420 g/mol. The highest BCUT2D eigenvalue weighted by molar-refractivity contribution is 7.88. The van der Waals surface area contributed by atoms with Crippen LogP contribution in [0.3, 0.4) is 0 Å². The molecular formula is C19H28N6O3S. The summed E-state index contributed by atoms with van der Waals surface area (Å²) in [5.41, 5.74) is 2.89. The average Bonchev–Trinajstić information content (AvgIpc) is 3.07. The lowest BCUT2D eigenvalue weighted by Crippen LogP contribution is -2.58. The second-order valence-corrected chi connectivity index (χ2v) is 10.1. The van der Waals surface area contributed by atoms with E-state index in [1.54, 1.807) is 4.52 Å². The Morgan fingerprint density at radius 3 is 2.59 bits per heavy atom. The summed E-state index contributed by atoms with van der Waals surface area (Å²) in [6.45, 7) is 3.92. The van der Waals surface area contributed by atoms with Crippen molar-refractivity contribution in [3.05, 3.63) is 23.3 Å². The third kappa shape index (κ3) is 4.13. The molecule has 0 spiro atoms. The van der Waals surface area contributed by atoms with Crippen molar-refractivity contribution < 1.29 is 13.2 Å². The van der Waals surface area contributed by atoms with Crippen LogP contribution in [-0.4, -0.2) is 63.2 Å². The van der Waals surface area contributed by atoms with Crippen molar-refractivity contribution >= 4 is 21.7 Å². The predicted octanol–water partition coefficient (Wildman–Crippen LogP) is 1.14. The van der Waals surface area contributed by atoms with Crippen molar-refractivity contribution in [2.75, 3.05) is 6.26 Å². The molecule has 2 saturated heterocycles. The lowest BCUT2D eigenvalue weighted by molar-refractivity contribution is -0.141. The van der Waals surface area contributed by atoms with Gasteiger partial charge in [-0.05, 0) is 57.9 Å². The highest BCUT2D eigenvalue weighted by atomic mass is 32.2. The van der Waals surface area contributed by atoms with E-state index in [4.69, 9.17) is 0 Å². The molecule has 9 nitrogen and oxygen atoms in total. The van der Waals surface area contributed by atoms with Crippen LogP contribution in [0.25, 0.3) is 5.78 Å². The Hall–Kier alpha value is -2.07. The Balaban J connectivity index is 1.46. The summed E-state index contributed by atoms with van der Waals surface area (Å²) < 4.78 is 27.7. The number of rotatable bonds is 5. The number of carbonyl (C=O) groups is 1. The minimum absolute atomic E-state index is 0.0761. The quantitative estimate of drug-likeness (QED) is 0.777. The van der Waals surface area contributed by atoms with Crippen LogP contribution in [0.5, 0.6) is 0 Å². The molecule has 2 aromatic rings. The number of hydrogen-bond acceptors (Lipinski definition) is 6. The van der Waals surface area contributed by atoms with Gasteiger partial charge in [0, 0.05) is 35.9 Å². The van der Waals surface area contributed by atoms with Crippen molar-refractivity contribution in [1.29, 1.82) is 0 Å². The number of sulfonamides is 1. The van der Waals surface area contributed by atoms with Gasteiger partial charge in [-0.25, -0.2) is 22.6 Å². The van der Waals surface area contributed by atoms with Gasteiger partial charge in [0.15, 0.2) is 0 Å². The van der Waals surface area contributed by atoms with Crippen molar-refractivity contribution in [3.8, 4) is 0 Å². The summed E-state index contributed by atoms with van der Waals surface area (Å²) in [7, 11) is -3.24. The maximum absolute atomic E-state index is 13.1. The van der Waals surface area contributed by atoms with E-state index in [0.29, 0.717) is 31.5 Å². The van der Waals surface area contributed by atoms with Gasteiger partial charge in [-0.3, -0.25) is 4.79 Å². The first-order valence-corrected chi connectivity index (χ1v) is 12.1. The smallest absolute Gasteiger partial charge is 0.252 e. The van der Waals surface area contributed by atoms with Crippen molar-refractivity contribution in [2.24, 2.45) is 0 Å². The van der Waals surface area contributed by atoms with Crippen LogP contribution in [0, 0.1) is 13.8 Å². The van der Waals surface area contributed by atoms with E-state index >= 15 is 0 Å². The molecule has 1 N–H and O–H groups in total. The van der Waals surface area contributed by atoms with Gasteiger partial charge in [-0.15, -0.1) is 0 Å². The van der Waals surface area contributed by atoms with Gasteiger partial charge < -0.3 is 4.90 Å². The van der Waals surface area contributed by atoms with Gasteiger partial charge >= 0.3 is 0 Å². The number of amides is 1. The fourth-order valence-corrected chi connectivity index (χ4v) is 5.86. The number of fused-ring (bicyclic) bond motifs is 3. The molecule has 0 aliphatic carbocycles. The van der Waals surface area contributed by atoms with E-state index < -0.39 is 10.0 Å². The second-order valence-electron chi connectivity index (χ2n) is 8.33. The summed E-state index contributed by atoms with van der Waals surface area (Å²) in [6, 6.07) is 0.160. The summed E-state index contributed by atoms with van der Waals surface area (Å²) in [5, 5.41) is 4.21. The predicted molar refractivity (Wildman–Crippen MR) is 108 cm³/mol. The van der Waals surface area contributed by atoms with E-state index in [1.807, 2.05) is 18.7 Å². The normalized spacial score (nSPS) is 24.8. The zero-order chi connectivity index (χ0) is 20.8. The molecular weight excluding hydrogens is 392 g/mol. The Kier molecular flexibility index (Phi) is 5.32. The van der Waals surface area contributed by atoms with Crippen molar-refractivity contribution in [2.45, 2.75) is 76.9 Å². The van der Waals surface area contributed by atoms with E-state index in [0.717, 1.165) is 36.2 Å². The van der Waals surface area contributed by atoms with Gasteiger partial charge in [-0.2, -0.15) is 10.1 Å². The lowest BCUT2D eigenvalue weighted by atomic mass is 9.81. The summed E-state index contributed by atoms with van der Waals surface area (Å²) in [6.07, 6.45) is 8.07. The maximum Gasteiger partial charge on any atom is 0.252 e. The maximum atomic E-state index is 13.1. The Labute approximate surface area is 171 Å². The van der Waals surface area contributed by atoms with Gasteiger partial charge in [0.2, 0.25) is 15.9 Å². The Bertz CT molecular complexity index is 1020. The van der Waals surface area contributed by atoms with Crippen LogP contribution in [0.1, 0.15) is 55.5 Å². The number of hydrogen-bond donors (Lipinski definition) is 1. The van der Waals surface area contributed by atoms with E-state index in [-0.39, 0.29) is 24.0 Å². The number of aromatic nitrogens is 4. The molecule has 0 saturated carbocycles. The number of piperidine rings is 2. The molecule has 2 bridgehead atoms. The van der Waals surface area contributed by atoms with Gasteiger partial charge in [0.1, 0.15) is 6.33 Å². The van der Waals surface area contributed by atoms with E-state index in [9.17, 15) is 13.2 Å². The van der Waals surface area contributed by atoms with Gasteiger partial charge in [-0.1, -0.05) is 0 Å². The first-order chi connectivity index (χ1) is 13.7. The number of aryl methyl sites for hydroxylation is 2. The fraction of sp³-hybridized carbons (Fsp3) is 0.684. The van der Waals surface area contributed by atoms with Crippen LogP contribution in [-0.2, 0) is 21.2 Å². The third-order valence-electron chi connectivity index (χ3n) is 6.22. The van der Waals surface area contributed by atoms with Crippen LogP contribution in [0.2, 0.25) is 0 Å². The molecule has 4 heterocycles. The van der Waals surface area contributed by atoms with Crippen molar-refractivity contribution in [1.82, 2.24) is 29.2 Å². The first kappa shape index (κ1) is 20.2. The topological polar surface area (TPSA) is 110 Å². The summed E-state index contributed by atoms with van der Waals surface area (Å²) >= 11 is 0. The largest absolute Gasteiger partial charge is 0.337 e. The number of carbonyl (C=O) groups excluding carboxylic acids is 1. The van der Waals surface area contributed by atoms with Crippen LogP contribution in [0.15, 0.2) is 6.33 Å². The SMILES string of the molecule is Cc1nc2ncnn2c(C)c1CCC(=O)N1[C@@H]2CCC[C@H]1CC(NS(C)(=O)=O)C2. The zero-order valence-corrected chi connectivity index (χ0v) is 17.9. The molecule has 0 radical (unpaired) electrons. The molecule has 0 aromatic carbocycles. The Morgan fingerprint density at radius 1 is 1.24 bits per heavy atom. The van der Waals surface area contributed by atoms with E-state index in [1.165, 1.54) is 12.6 Å². The molecule has 2 aliphatic heterocycles. The lowest BCUT2D eigenvalue weighted by Gasteiger charge is -2.49. The molecule has 2 fully saturated rings. The molecule has 10 heteroatoms. The fourth-order valence-electron chi connectivity index (χ4n) is 5.07. The molecule has 2 aromatic heterocycles. The molecule has 3 atom stereocenters. The summed E-state index contributed by atoms with van der Waals surface area (Å²) in [4.78, 5) is 23.8. The highest BCUT2D eigenvalue weighted by Crippen LogP contribution is 2.35. The molecule has 1 amide bonds. The first-order valence-electron chi connectivity index (χ1n) is 10.2. The number of nitrogens with one attached hydrogen (secondary N) is 1.